The zero-order valence-electron chi connectivity index (χ0n) is 5.77. The van der Waals surface area contributed by atoms with E-state index in [2.05, 4.69) is 22.0 Å². The highest BCUT2D eigenvalue weighted by Gasteiger charge is 2.18. The molecular formula is C6H4NO3S2. The molecule has 1 radical (unpaired) electrons. The Morgan fingerprint density at radius 3 is 2.92 bits per heavy atom. The molecule has 4 nitrogen and oxygen atoms in total. The Balaban J connectivity index is 3.11. The molecule has 0 aliphatic carbocycles. The fraction of sp³-hybridized carbons (Fsp3) is 0.167. The van der Waals surface area contributed by atoms with Crippen LogP contribution in [-0.4, -0.2) is 25.9 Å². The highest BCUT2D eigenvalue weighted by atomic mass is 32.1. The van der Waals surface area contributed by atoms with Gasteiger partial charge in [0, 0.05) is 16.7 Å². The van der Waals surface area contributed by atoms with Crippen molar-refractivity contribution in [1.29, 1.82) is 0 Å². The van der Waals surface area contributed by atoms with E-state index in [4.69, 9.17) is 10.2 Å². The molecule has 1 rings (SSSR count). The van der Waals surface area contributed by atoms with Gasteiger partial charge in [0.2, 0.25) is 5.88 Å². The molecule has 0 bridgehead atoms. The van der Waals surface area contributed by atoms with Crippen molar-refractivity contribution in [3.05, 3.63) is 10.4 Å². The van der Waals surface area contributed by atoms with Gasteiger partial charge in [-0.05, 0) is 11.5 Å². The van der Waals surface area contributed by atoms with Gasteiger partial charge in [0.05, 0.1) is 0 Å². The first kappa shape index (κ1) is 9.08. The van der Waals surface area contributed by atoms with Crippen LogP contribution in [0.3, 0.4) is 0 Å². The van der Waals surface area contributed by atoms with Gasteiger partial charge >= 0.3 is 5.97 Å². The van der Waals surface area contributed by atoms with Crippen LogP contribution >= 0.6 is 23.8 Å². The van der Waals surface area contributed by atoms with Crippen LogP contribution in [-0.2, 0) is 6.42 Å². The molecule has 1 aromatic rings. The minimum Gasteiger partial charge on any atom is -0.492 e. The first-order valence-corrected chi connectivity index (χ1v) is 4.10. The summed E-state index contributed by atoms with van der Waals surface area (Å²) in [6.45, 7) is 0. The Bertz CT molecular complexity index is 321. The van der Waals surface area contributed by atoms with Gasteiger partial charge in [0.25, 0.3) is 0 Å². The number of aromatic nitrogens is 1. The van der Waals surface area contributed by atoms with Crippen LogP contribution in [0, 0.1) is 0 Å². The summed E-state index contributed by atoms with van der Waals surface area (Å²) in [5, 5.41) is 20.0. The van der Waals surface area contributed by atoms with Gasteiger partial charge in [-0.25, -0.2) is 4.79 Å². The van der Waals surface area contributed by atoms with Gasteiger partial charge in [0.1, 0.15) is 5.56 Å². The van der Waals surface area contributed by atoms with Crippen molar-refractivity contribution >= 4 is 35.1 Å². The molecule has 0 saturated heterocycles. The molecule has 0 saturated carbocycles. The second-order valence-electron chi connectivity index (χ2n) is 1.93. The van der Waals surface area contributed by atoms with Crippen molar-refractivity contribution in [3.63, 3.8) is 0 Å². The van der Waals surface area contributed by atoms with Crippen LogP contribution in [0.2, 0.25) is 0 Å². The number of aromatic carboxylic acids is 1. The molecule has 0 amide bonds. The standard InChI is InChI=1S/C6H4NO3S2/c8-5-4(6(9)10)3(1-2-11)12-7-5/h1H2,(H,7,8)(H,9,10). The summed E-state index contributed by atoms with van der Waals surface area (Å²) in [6.07, 6.45) is 0.217. The molecule has 6 heteroatoms. The molecular weight excluding hydrogens is 198 g/mol. The van der Waals surface area contributed by atoms with Crippen molar-refractivity contribution in [3.8, 4) is 5.88 Å². The summed E-state index contributed by atoms with van der Waals surface area (Å²) in [5.74, 6) is -1.64. The molecule has 63 valence electrons. The first-order valence-electron chi connectivity index (χ1n) is 2.92. The smallest absolute Gasteiger partial charge is 0.342 e. The summed E-state index contributed by atoms with van der Waals surface area (Å²) < 4.78 is 3.49. The van der Waals surface area contributed by atoms with Gasteiger partial charge in [0.15, 0.2) is 0 Å². The number of aromatic hydroxyl groups is 1. The molecule has 0 spiro atoms. The van der Waals surface area contributed by atoms with Crippen LogP contribution in [0.1, 0.15) is 15.2 Å². The second-order valence-corrected chi connectivity index (χ2v) is 3.08. The number of carboxylic acid groups (broad SMARTS) is 1. The van der Waals surface area contributed by atoms with E-state index >= 15 is 0 Å². The SMILES string of the molecule is O=C(O)c1c(O)nsc1C[C]=S. The number of carboxylic acids is 1. The third-order valence-electron chi connectivity index (χ3n) is 1.19. The molecule has 0 atom stereocenters. The normalized spacial score (nSPS) is 9.67. The molecule has 12 heavy (non-hydrogen) atoms. The molecule has 0 aliphatic heterocycles. The monoisotopic (exact) mass is 202 g/mol. The molecule has 0 aromatic carbocycles. The summed E-state index contributed by atoms with van der Waals surface area (Å²) in [4.78, 5) is 10.9. The van der Waals surface area contributed by atoms with Gasteiger partial charge in [-0.2, -0.15) is 4.37 Å². The van der Waals surface area contributed by atoms with Crippen molar-refractivity contribution < 1.29 is 15.0 Å². The van der Waals surface area contributed by atoms with Gasteiger partial charge in [-0.3, -0.25) is 0 Å². The predicted molar refractivity (Wildman–Crippen MR) is 47.0 cm³/mol. The quantitative estimate of drug-likeness (QED) is 0.714. The predicted octanol–water partition coefficient (Wildman–Crippen LogP) is 0.966. The Kier molecular flexibility index (Phi) is 2.72. The highest BCUT2D eigenvalue weighted by Crippen LogP contribution is 2.24. The molecule has 0 fully saturated rings. The Morgan fingerprint density at radius 1 is 1.75 bits per heavy atom. The van der Waals surface area contributed by atoms with Crippen LogP contribution in [0.15, 0.2) is 0 Å². The highest BCUT2D eigenvalue weighted by molar-refractivity contribution is 7.79. The van der Waals surface area contributed by atoms with E-state index in [1.807, 2.05) is 0 Å². The maximum atomic E-state index is 10.5. The minimum absolute atomic E-state index is 0.169. The van der Waals surface area contributed by atoms with E-state index in [1.54, 1.807) is 0 Å². The van der Waals surface area contributed by atoms with Crippen molar-refractivity contribution in [1.82, 2.24) is 4.37 Å². The second kappa shape index (κ2) is 3.59. The van der Waals surface area contributed by atoms with E-state index in [-0.39, 0.29) is 12.0 Å². The van der Waals surface area contributed by atoms with E-state index < -0.39 is 11.8 Å². The number of hydrogen-bond donors (Lipinski definition) is 2. The Labute approximate surface area is 77.6 Å². The van der Waals surface area contributed by atoms with Gasteiger partial charge in [-0.15, -0.1) is 0 Å². The maximum Gasteiger partial charge on any atom is 0.342 e. The fourth-order valence-electron chi connectivity index (χ4n) is 0.715. The first-order chi connectivity index (χ1) is 5.66. The lowest BCUT2D eigenvalue weighted by molar-refractivity contribution is 0.0693. The lowest BCUT2D eigenvalue weighted by Gasteiger charge is -1.91. The molecule has 0 aliphatic rings. The van der Waals surface area contributed by atoms with E-state index in [9.17, 15) is 4.79 Å². The topological polar surface area (TPSA) is 70.4 Å². The van der Waals surface area contributed by atoms with E-state index in [0.717, 1.165) is 11.5 Å². The average molecular weight is 202 g/mol. The van der Waals surface area contributed by atoms with Crippen LogP contribution in [0.25, 0.3) is 0 Å². The number of hydrogen-bond acceptors (Lipinski definition) is 5. The number of nitrogens with zero attached hydrogens (tertiary/aromatic N) is 1. The summed E-state index contributed by atoms with van der Waals surface area (Å²) in [5.41, 5.74) is -0.169. The lowest BCUT2D eigenvalue weighted by atomic mass is 10.2. The van der Waals surface area contributed by atoms with Crippen molar-refractivity contribution in [2.45, 2.75) is 6.42 Å². The molecule has 1 heterocycles. The number of carbonyl (C=O) groups is 1. The third-order valence-corrected chi connectivity index (χ3v) is 2.17. The van der Waals surface area contributed by atoms with Crippen molar-refractivity contribution in [2.24, 2.45) is 0 Å². The van der Waals surface area contributed by atoms with E-state index in [1.165, 1.54) is 0 Å². The minimum atomic E-state index is -1.19. The largest absolute Gasteiger partial charge is 0.492 e. The molecule has 1 aromatic heterocycles. The zero-order chi connectivity index (χ0) is 9.14. The zero-order valence-corrected chi connectivity index (χ0v) is 7.41. The van der Waals surface area contributed by atoms with Crippen molar-refractivity contribution in [2.75, 3.05) is 0 Å². The van der Waals surface area contributed by atoms with E-state index in [0.29, 0.717) is 4.88 Å². The maximum absolute atomic E-state index is 10.5. The lowest BCUT2D eigenvalue weighted by Crippen LogP contribution is -1.98. The Hall–Kier alpha value is -1.01. The summed E-state index contributed by atoms with van der Waals surface area (Å²) in [6, 6.07) is 0. The van der Waals surface area contributed by atoms with Gasteiger partial charge < -0.3 is 10.2 Å². The molecule has 0 unspecified atom stereocenters. The number of thiocarbonyl (C=S) groups is 1. The number of rotatable bonds is 3. The Morgan fingerprint density at radius 2 is 2.42 bits per heavy atom. The van der Waals surface area contributed by atoms with Crippen LogP contribution < -0.4 is 0 Å². The molecule has 2 N–H and O–H groups in total. The average Bonchev–Trinajstić information content (AvgIpc) is 2.32. The summed E-state index contributed by atoms with van der Waals surface area (Å²) in [7, 11) is 0. The van der Waals surface area contributed by atoms with Gasteiger partial charge in [-0.1, -0.05) is 12.2 Å². The van der Waals surface area contributed by atoms with Crippen LogP contribution in [0.4, 0.5) is 0 Å². The van der Waals surface area contributed by atoms with Crippen LogP contribution in [0.5, 0.6) is 5.88 Å². The third kappa shape index (κ3) is 1.59. The fourth-order valence-corrected chi connectivity index (χ4v) is 1.65. The summed E-state index contributed by atoms with van der Waals surface area (Å²) >= 11 is 5.36.